The Kier molecular flexibility index (Phi) is 2.54. The highest BCUT2D eigenvalue weighted by Gasteiger charge is 2.32. The molecule has 2 nitrogen and oxygen atoms in total. The number of hydrogen-bond donors (Lipinski definition) is 0. The summed E-state index contributed by atoms with van der Waals surface area (Å²) in [5.41, 5.74) is 0.0928. The van der Waals surface area contributed by atoms with Gasteiger partial charge in [-0.05, 0) is 33.6 Å². The molecule has 1 aliphatic carbocycles. The van der Waals surface area contributed by atoms with Crippen LogP contribution >= 0.6 is 0 Å². The Bertz CT molecular complexity index is 239. The first-order valence-corrected chi connectivity index (χ1v) is 5.83. The van der Waals surface area contributed by atoms with Crippen molar-refractivity contribution >= 4 is 5.90 Å². The predicted octanol–water partition coefficient (Wildman–Crippen LogP) is 3.16. The van der Waals surface area contributed by atoms with E-state index in [-0.39, 0.29) is 5.54 Å². The van der Waals surface area contributed by atoms with E-state index >= 15 is 0 Å². The summed E-state index contributed by atoms with van der Waals surface area (Å²) in [5, 5.41) is 0. The zero-order valence-corrected chi connectivity index (χ0v) is 9.55. The fourth-order valence-electron chi connectivity index (χ4n) is 2.68. The van der Waals surface area contributed by atoms with Crippen LogP contribution in [0.25, 0.3) is 0 Å². The van der Waals surface area contributed by atoms with Gasteiger partial charge < -0.3 is 4.74 Å². The number of ether oxygens (including phenoxy) is 1. The van der Waals surface area contributed by atoms with Crippen molar-refractivity contribution in [3.8, 4) is 0 Å². The van der Waals surface area contributed by atoms with Crippen LogP contribution in [0.15, 0.2) is 4.99 Å². The third-order valence-electron chi connectivity index (χ3n) is 3.23. The highest BCUT2D eigenvalue weighted by molar-refractivity contribution is 5.80. The lowest BCUT2D eigenvalue weighted by molar-refractivity contribution is 0.131. The average molecular weight is 195 g/mol. The monoisotopic (exact) mass is 195 g/mol. The third-order valence-corrected chi connectivity index (χ3v) is 3.23. The molecule has 0 radical (unpaired) electrons. The van der Waals surface area contributed by atoms with E-state index in [0.717, 1.165) is 12.3 Å². The van der Waals surface area contributed by atoms with Gasteiger partial charge in [0.25, 0.3) is 0 Å². The Balaban J connectivity index is 2.13. The molecule has 1 aliphatic heterocycles. The van der Waals surface area contributed by atoms with E-state index in [4.69, 9.17) is 9.73 Å². The van der Waals surface area contributed by atoms with Gasteiger partial charge in [-0.2, -0.15) is 0 Å². The fraction of sp³-hybridized carbons (Fsp3) is 0.917. The molecule has 1 saturated carbocycles. The summed E-state index contributed by atoms with van der Waals surface area (Å²) in [4.78, 5) is 4.74. The van der Waals surface area contributed by atoms with Crippen molar-refractivity contribution in [3.63, 3.8) is 0 Å². The molecule has 1 unspecified atom stereocenters. The smallest absolute Gasteiger partial charge is 0.187 e. The molecule has 2 aliphatic rings. The van der Waals surface area contributed by atoms with Gasteiger partial charge >= 0.3 is 0 Å². The van der Waals surface area contributed by atoms with Crippen LogP contribution in [-0.2, 0) is 4.74 Å². The summed E-state index contributed by atoms with van der Waals surface area (Å²) >= 11 is 0. The molecule has 0 aromatic carbocycles. The van der Waals surface area contributed by atoms with Crippen molar-refractivity contribution in [1.29, 1.82) is 0 Å². The fourth-order valence-corrected chi connectivity index (χ4v) is 2.68. The van der Waals surface area contributed by atoms with E-state index in [9.17, 15) is 0 Å². The van der Waals surface area contributed by atoms with Gasteiger partial charge in [-0.1, -0.05) is 12.8 Å². The van der Waals surface area contributed by atoms with E-state index in [1.807, 2.05) is 0 Å². The maximum atomic E-state index is 5.86. The third kappa shape index (κ3) is 2.10. The Hall–Kier alpha value is -0.530. The maximum absolute atomic E-state index is 5.86. The molecule has 0 amide bonds. The number of nitrogens with zero attached hydrogens (tertiary/aromatic N) is 1. The second-order valence-electron chi connectivity index (χ2n) is 5.38. The Morgan fingerprint density at radius 2 is 1.93 bits per heavy atom. The second kappa shape index (κ2) is 3.56. The van der Waals surface area contributed by atoms with Crippen LogP contribution < -0.4 is 0 Å². The van der Waals surface area contributed by atoms with Gasteiger partial charge in [0.05, 0.1) is 11.6 Å². The van der Waals surface area contributed by atoms with Crippen LogP contribution in [0.5, 0.6) is 0 Å². The summed E-state index contributed by atoms with van der Waals surface area (Å²) < 4.78 is 5.86. The summed E-state index contributed by atoms with van der Waals surface area (Å²) in [5.74, 6) is 1.67. The molecule has 14 heavy (non-hydrogen) atoms. The SMILES string of the molecule is CC1CC(C)(C)N=C(C2CCCC2)O1. The molecule has 1 atom stereocenters. The van der Waals surface area contributed by atoms with Crippen LogP contribution in [-0.4, -0.2) is 17.5 Å². The van der Waals surface area contributed by atoms with Crippen LogP contribution in [0.4, 0.5) is 0 Å². The van der Waals surface area contributed by atoms with E-state index in [1.54, 1.807) is 0 Å². The summed E-state index contributed by atoms with van der Waals surface area (Å²) in [6, 6.07) is 0. The van der Waals surface area contributed by atoms with E-state index < -0.39 is 0 Å². The minimum absolute atomic E-state index is 0.0928. The lowest BCUT2D eigenvalue weighted by atomic mass is 9.95. The van der Waals surface area contributed by atoms with Crippen molar-refractivity contribution < 1.29 is 4.74 Å². The summed E-state index contributed by atoms with van der Waals surface area (Å²) in [7, 11) is 0. The molecule has 2 rings (SSSR count). The van der Waals surface area contributed by atoms with Crippen molar-refractivity contribution in [2.75, 3.05) is 0 Å². The predicted molar refractivity (Wildman–Crippen MR) is 58.6 cm³/mol. The molecule has 0 spiro atoms. The van der Waals surface area contributed by atoms with Gasteiger partial charge in [0, 0.05) is 12.3 Å². The Labute approximate surface area is 86.8 Å². The van der Waals surface area contributed by atoms with Gasteiger partial charge in [-0.3, -0.25) is 0 Å². The number of hydrogen-bond acceptors (Lipinski definition) is 2. The molecule has 0 saturated heterocycles. The minimum atomic E-state index is 0.0928. The largest absolute Gasteiger partial charge is 0.478 e. The lowest BCUT2D eigenvalue weighted by Crippen LogP contribution is -2.36. The lowest BCUT2D eigenvalue weighted by Gasteiger charge is -2.33. The maximum Gasteiger partial charge on any atom is 0.187 e. The number of aliphatic imine (C=N–C) groups is 1. The van der Waals surface area contributed by atoms with Crippen LogP contribution in [0.2, 0.25) is 0 Å². The Morgan fingerprint density at radius 3 is 2.50 bits per heavy atom. The molecule has 0 aromatic rings. The molecular weight excluding hydrogens is 174 g/mol. The highest BCUT2D eigenvalue weighted by atomic mass is 16.5. The quantitative estimate of drug-likeness (QED) is 0.629. The van der Waals surface area contributed by atoms with Gasteiger partial charge in [0.2, 0.25) is 0 Å². The standard InChI is InChI=1S/C12H21NO/c1-9-8-12(2,3)13-11(14-9)10-6-4-5-7-10/h9-10H,4-8H2,1-3H3. The Morgan fingerprint density at radius 1 is 1.29 bits per heavy atom. The topological polar surface area (TPSA) is 21.6 Å². The highest BCUT2D eigenvalue weighted by Crippen LogP contribution is 2.32. The van der Waals surface area contributed by atoms with Crippen LogP contribution in [0.1, 0.15) is 52.9 Å². The second-order valence-corrected chi connectivity index (χ2v) is 5.38. The first-order chi connectivity index (χ1) is 6.57. The molecular formula is C12H21NO. The normalized spacial score (nSPS) is 32.5. The molecule has 0 N–H and O–H groups in total. The van der Waals surface area contributed by atoms with Crippen LogP contribution in [0.3, 0.4) is 0 Å². The molecule has 0 bridgehead atoms. The molecule has 1 fully saturated rings. The molecule has 0 aromatic heterocycles. The van der Waals surface area contributed by atoms with Gasteiger partial charge in [-0.15, -0.1) is 0 Å². The molecule has 1 heterocycles. The van der Waals surface area contributed by atoms with E-state index in [1.165, 1.54) is 25.7 Å². The van der Waals surface area contributed by atoms with Crippen LogP contribution in [0, 0.1) is 5.92 Å². The van der Waals surface area contributed by atoms with Crippen molar-refractivity contribution in [3.05, 3.63) is 0 Å². The van der Waals surface area contributed by atoms with Crippen molar-refractivity contribution in [1.82, 2.24) is 0 Å². The zero-order valence-electron chi connectivity index (χ0n) is 9.55. The van der Waals surface area contributed by atoms with Crippen molar-refractivity contribution in [2.45, 2.75) is 64.5 Å². The van der Waals surface area contributed by atoms with Gasteiger partial charge in [-0.25, -0.2) is 4.99 Å². The summed E-state index contributed by atoms with van der Waals surface area (Å²) in [6.45, 7) is 6.58. The number of rotatable bonds is 1. The van der Waals surface area contributed by atoms with Crippen molar-refractivity contribution in [2.24, 2.45) is 10.9 Å². The first-order valence-electron chi connectivity index (χ1n) is 5.83. The van der Waals surface area contributed by atoms with E-state index in [2.05, 4.69) is 20.8 Å². The average Bonchev–Trinajstić information content (AvgIpc) is 2.51. The first kappa shape index (κ1) is 10.0. The molecule has 2 heteroatoms. The van der Waals surface area contributed by atoms with Gasteiger partial charge in [0.1, 0.15) is 0 Å². The van der Waals surface area contributed by atoms with Gasteiger partial charge in [0.15, 0.2) is 5.90 Å². The molecule has 80 valence electrons. The zero-order chi connectivity index (χ0) is 10.2. The summed E-state index contributed by atoms with van der Waals surface area (Å²) in [6.07, 6.45) is 6.65. The minimum Gasteiger partial charge on any atom is -0.478 e. The van der Waals surface area contributed by atoms with E-state index in [0.29, 0.717) is 12.0 Å².